The number of rotatable bonds is 3. The van der Waals surface area contributed by atoms with Gasteiger partial charge in [-0.05, 0) is 36.4 Å². The number of hydrogen-bond donors (Lipinski definition) is 4. The predicted octanol–water partition coefficient (Wildman–Crippen LogP) is 4.85. The minimum atomic E-state index is -4.45. The maximum Gasteiger partial charge on any atom is 0.405 e. The first kappa shape index (κ1) is 23.6. The van der Waals surface area contributed by atoms with Crippen molar-refractivity contribution in [3.05, 3.63) is 63.1 Å². The van der Waals surface area contributed by atoms with Gasteiger partial charge in [0.25, 0.3) is 5.91 Å². The van der Waals surface area contributed by atoms with E-state index in [9.17, 15) is 18.0 Å². The van der Waals surface area contributed by atoms with Crippen LogP contribution >= 0.6 is 34.8 Å². The second-order valence-electron chi connectivity index (χ2n) is 6.81. The van der Waals surface area contributed by atoms with Gasteiger partial charge in [0.1, 0.15) is 6.04 Å². The summed E-state index contributed by atoms with van der Waals surface area (Å²) in [6.45, 7) is 1.41. The molecule has 166 valence electrons. The zero-order valence-corrected chi connectivity index (χ0v) is 18.2. The highest BCUT2D eigenvalue weighted by Crippen LogP contribution is 2.29. The number of anilines is 1. The average molecular weight is 495 g/mol. The summed E-state index contributed by atoms with van der Waals surface area (Å²) in [5, 5.41) is 6.59. The molecule has 2 aromatic rings. The van der Waals surface area contributed by atoms with Gasteiger partial charge in [0.15, 0.2) is 0 Å². The lowest BCUT2D eigenvalue weighted by Crippen LogP contribution is -2.49. The maximum absolute atomic E-state index is 13.2. The molecule has 1 heterocycles. The van der Waals surface area contributed by atoms with Gasteiger partial charge in [-0.1, -0.05) is 47.8 Å². The van der Waals surface area contributed by atoms with Crippen molar-refractivity contribution in [3.63, 3.8) is 0 Å². The van der Waals surface area contributed by atoms with E-state index in [2.05, 4.69) is 26.5 Å². The number of hydrazine groups is 1. The van der Waals surface area contributed by atoms with E-state index in [1.165, 1.54) is 25.1 Å². The number of guanidine groups is 1. The fraction of sp³-hybridized carbons (Fsp3) is 0.263. The van der Waals surface area contributed by atoms with Gasteiger partial charge < -0.3 is 10.6 Å². The Morgan fingerprint density at radius 1 is 1.06 bits per heavy atom. The SMILES string of the molecule is CC1C(N/C(=N\C(=O)c2cccc(Cl)c2)Nc2ccc(Cl)cc2Cl)NNC1C(F)(F)F. The fourth-order valence-electron chi connectivity index (χ4n) is 2.93. The van der Waals surface area contributed by atoms with Crippen molar-refractivity contribution in [2.24, 2.45) is 10.9 Å². The lowest BCUT2D eigenvalue weighted by Gasteiger charge is -2.23. The van der Waals surface area contributed by atoms with Gasteiger partial charge >= 0.3 is 6.18 Å². The van der Waals surface area contributed by atoms with Crippen LogP contribution in [-0.4, -0.2) is 30.3 Å². The third-order valence-corrected chi connectivity index (χ3v) is 5.34. The van der Waals surface area contributed by atoms with Crippen molar-refractivity contribution < 1.29 is 18.0 Å². The largest absolute Gasteiger partial charge is 0.405 e. The maximum atomic E-state index is 13.2. The molecule has 3 atom stereocenters. The lowest BCUT2D eigenvalue weighted by molar-refractivity contribution is -0.160. The molecular weight excluding hydrogens is 478 g/mol. The molecule has 0 aliphatic carbocycles. The molecule has 31 heavy (non-hydrogen) atoms. The van der Waals surface area contributed by atoms with Gasteiger partial charge in [0.05, 0.1) is 16.9 Å². The molecular formula is C19H17Cl3F3N5O. The Hall–Kier alpha value is -2.04. The quantitative estimate of drug-likeness (QED) is 0.363. The summed E-state index contributed by atoms with van der Waals surface area (Å²) in [4.78, 5) is 16.6. The Morgan fingerprint density at radius 2 is 1.77 bits per heavy atom. The Bertz CT molecular complexity index is 1000. The second kappa shape index (κ2) is 9.62. The molecule has 3 rings (SSSR count). The van der Waals surface area contributed by atoms with E-state index >= 15 is 0 Å². The van der Waals surface area contributed by atoms with Crippen LogP contribution in [0.15, 0.2) is 47.5 Å². The monoisotopic (exact) mass is 493 g/mol. The molecule has 3 unspecified atom stereocenters. The highest BCUT2D eigenvalue weighted by Gasteiger charge is 2.49. The zero-order valence-electron chi connectivity index (χ0n) is 15.9. The Labute approximate surface area is 191 Å². The van der Waals surface area contributed by atoms with Crippen LogP contribution < -0.4 is 21.5 Å². The van der Waals surface area contributed by atoms with Crippen molar-refractivity contribution in [2.75, 3.05) is 5.32 Å². The van der Waals surface area contributed by atoms with E-state index in [0.29, 0.717) is 15.7 Å². The molecule has 0 bridgehead atoms. The average Bonchev–Trinajstić information content (AvgIpc) is 3.04. The molecule has 2 aromatic carbocycles. The van der Waals surface area contributed by atoms with Gasteiger partial charge in [0, 0.05) is 21.5 Å². The van der Waals surface area contributed by atoms with Crippen LogP contribution in [0.3, 0.4) is 0 Å². The first-order valence-electron chi connectivity index (χ1n) is 8.99. The summed E-state index contributed by atoms with van der Waals surface area (Å²) >= 11 is 18.0. The Balaban J connectivity index is 1.88. The highest BCUT2D eigenvalue weighted by molar-refractivity contribution is 6.36. The molecule has 1 fully saturated rings. The van der Waals surface area contributed by atoms with Crippen LogP contribution in [-0.2, 0) is 0 Å². The third kappa shape index (κ3) is 6.02. The van der Waals surface area contributed by atoms with Crippen molar-refractivity contribution in [1.82, 2.24) is 16.2 Å². The molecule has 1 amide bonds. The Morgan fingerprint density at radius 3 is 2.39 bits per heavy atom. The summed E-state index contributed by atoms with van der Waals surface area (Å²) in [6, 6.07) is 8.92. The molecule has 1 aliphatic heterocycles. The first-order valence-corrected chi connectivity index (χ1v) is 10.1. The zero-order chi connectivity index (χ0) is 22.8. The fourth-order valence-corrected chi connectivity index (χ4v) is 3.58. The predicted molar refractivity (Wildman–Crippen MR) is 116 cm³/mol. The summed E-state index contributed by atoms with van der Waals surface area (Å²) in [6.07, 6.45) is -5.35. The van der Waals surface area contributed by atoms with Gasteiger partial charge in [0.2, 0.25) is 5.96 Å². The molecule has 1 saturated heterocycles. The molecule has 4 N–H and O–H groups in total. The van der Waals surface area contributed by atoms with Crippen molar-refractivity contribution in [1.29, 1.82) is 0 Å². The van der Waals surface area contributed by atoms with Crippen LogP contribution in [0, 0.1) is 5.92 Å². The van der Waals surface area contributed by atoms with E-state index in [4.69, 9.17) is 34.8 Å². The minimum Gasteiger partial charge on any atom is -0.339 e. The number of halogens is 6. The number of hydrogen-bond acceptors (Lipinski definition) is 3. The molecule has 0 saturated carbocycles. The van der Waals surface area contributed by atoms with Crippen molar-refractivity contribution in [3.8, 4) is 0 Å². The minimum absolute atomic E-state index is 0.108. The smallest absolute Gasteiger partial charge is 0.339 e. The van der Waals surface area contributed by atoms with Gasteiger partial charge in [-0.2, -0.15) is 18.2 Å². The molecule has 0 radical (unpaired) electrons. The number of alkyl halides is 3. The summed E-state index contributed by atoms with van der Waals surface area (Å²) in [7, 11) is 0. The number of amides is 1. The standard InChI is InChI=1S/C19H17Cl3F3N5O/c1-9-15(19(23,24)25)29-30-16(9)27-18(26-14-6-5-12(21)8-13(14)22)28-17(31)10-3-2-4-11(20)7-10/h2-9,15-16,29-30H,1H3,(H2,26,27,28,31). The summed E-state index contributed by atoms with van der Waals surface area (Å²) in [5.74, 6) is -1.69. The van der Waals surface area contributed by atoms with Crippen LogP contribution in [0.5, 0.6) is 0 Å². The molecule has 0 aromatic heterocycles. The number of carbonyl (C=O) groups excluding carboxylic acids is 1. The molecule has 0 spiro atoms. The molecule has 1 aliphatic rings. The van der Waals surface area contributed by atoms with Gasteiger partial charge in [-0.15, -0.1) is 0 Å². The first-order chi connectivity index (χ1) is 14.5. The number of carbonyl (C=O) groups is 1. The van der Waals surface area contributed by atoms with Gasteiger partial charge in [-0.3, -0.25) is 4.79 Å². The van der Waals surface area contributed by atoms with Crippen LogP contribution in [0.4, 0.5) is 18.9 Å². The van der Waals surface area contributed by atoms with E-state index in [1.54, 1.807) is 24.3 Å². The third-order valence-electron chi connectivity index (χ3n) is 4.56. The number of aliphatic imine (C=N–C) groups is 1. The van der Waals surface area contributed by atoms with E-state index in [0.717, 1.165) is 0 Å². The van der Waals surface area contributed by atoms with Crippen LogP contribution in [0.25, 0.3) is 0 Å². The normalized spacial score (nSPS) is 21.8. The van der Waals surface area contributed by atoms with Crippen molar-refractivity contribution in [2.45, 2.75) is 25.3 Å². The number of nitrogens with one attached hydrogen (secondary N) is 4. The van der Waals surface area contributed by atoms with Gasteiger partial charge in [-0.25, -0.2) is 10.9 Å². The lowest BCUT2D eigenvalue weighted by atomic mass is 10.0. The molecule has 12 heteroatoms. The van der Waals surface area contributed by atoms with E-state index in [-0.39, 0.29) is 16.5 Å². The van der Waals surface area contributed by atoms with E-state index < -0.39 is 30.2 Å². The highest BCUT2D eigenvalue weighted by atomic mass is 35.5. The van der Waals surface area contributed by atoms with E-state index in [1.807, 2.05) is 0 Å². The van der Waals surface area contributed by atoms with Crippen molar-refractivity contribution >= 4 is 52.4 Å². The summed E-state index contributed by atoms with van der Waals surface area (Å²) in [5.41, 5.74) is 5.30. The van der Waals surface area contributed by atoms with Crippen LogP contribution in [0.1, 0.15) is 17.3 Å². The van der Waals surface area contributed by atoms with Crippen LogP contribution in [0.2, 0.25) is 15.1 Å². The second-order valence-corrected chi connectivity index (χ2v) is 8.09. The Kier molecular flexibility index (Phi) is 7.33. The summed E-state index contributed by atoms with van der Waals surface area (Å²) < 4.78 is 39.5. The number of nitrogens with zero attached hydrogens (tertiary/aromatic N) is 1. The topological polar surface area (TPSA) is 77.5 Å². The molecule has 6 nitrogen and oxygen atoms in total. The number of benzene rings is 2.